The predicted octanol–water partition coefficient (Wildman–Crippen LogP) is 1.39. The molecule has 0 aliphatic carbocycles. The van der Waals surface area contributed by atoms with Gasteiger partial charge in [-0.05, 0) is 30.1 Å². The summed E-state index contributed by atoms with van der Waals surface area (Å²) in [6, 6.07) is -0.396. The Bertz CT molecular complexity index is 316. The Morgan fingerprint density at radius 1 is 1.28 bits per heavy atom. The minimum atomic E-state index is -0.396. The lowest BCUT2D eigenvalue weighted by molar-refractivity contribution is -0.134. The second kappa shape index (κ2) is 4.82. The standard InChI is InChI=1S/C14H26N2O2/c1-13(2,3)11(15)12(17)16-7-4-14(10-16)5-8-18-9-6-14/h11H,4-10,15H2,1-3H3. The monoisotopic (exact) mass is 254 g/mol. The van der Waals surface area contributed by atoms with Crippen LogP contribution in [0.3, 0.4) is 0 Å². The summed E-state index contributed by atoms with van der Waals surface area (Å²) in [5, 5.41) is 0. The largest absolute Gasteiger partial charge is 0.381 e. The van der Waals surface area contributed by atoms with E-state index in [-0.39, 0.29) is 11.3 Å². The molecule has 2 heterocycles. The molecule has 2 saturated heterocycles. The molecule has 18 heavy (non-hydrogen) atoms. The van der Waals surface area contributed by atoms with Crippen molar-refractivity contribution in [3.63, 3.8) is 0 Å². The normalized spacial score (nSPS) is 25.4. The fraction of sp³-hybridized carbons (Fsp3) is 0.929. The molecule has 0 aromatic rings. The van der Waals surface area contributed by atoms with E-state index in [4.69, 9.17) is 10.5 Å². The summed E-state index contributed by atoms with van der Waals surface area (Å²) >= 11 is 0. The lowest BCUT2D eigenvalue weighted by Crippen LogP contribution is -2.50. The fourth-order valence-electron chi connectivity index (χ4n) is 2.90. The van der Waals surface area contributed by atoms with E-state index in [1.165, 1.54) is 0 Å². The highest BCUT2D eigenvalue weighted by Crippen LogP contribution is 2.40. The zero-order valence-corrected chi connectivity index (χ0v) is 11.9. The number of ether oxygens (including phenoxy) is 1. The molecule has 0 saturated carbocycles. The third-order valence-electron chi connectivity index (χ3n) is 4.50. The Morgan fingerprint density at radius 2 is 1.89 bits per heavy atom. The van der Waals surface area contributed by atoms with Crippen molar-refractivity contribution in [3.8, 4) is 0 Å². The van der Waals surface area contributed by atoms with Gasteiger partial charge in [0.05, 0.1) is 6.04 Å². The molecule has 4 nitrogen and oxygen atoms in total. The number of hydrogen-bond donors (Lipinski definition) is 1. The molecule has 1 spiro atoms. The molecule has 0 aromatic heterocycles. The van der Waals surface area contributed by atoms with Gasteiger partial charge >= 0.3 is 0 Å². The van der Waals surface area contributed by atoms with E-state index < -0.39 is 6.04 Å². The van der Waals surface area contributed by atoms with Crippen molar-refractivity contribution in [3.05, 3.63) is 0 Å². The maximum atomic E-state index is 12.4. The van der Waals surface area contributed by atoms with E-state index in [2.05, 4.69) is 0 Å². The molecule has 1 unspecified atom stereocenters. The minimum Gasteiger partial charge on any atom is -0.381 e. The van der Waals surface area contributed by atoms with Crippen LogP contribution in [0.5, 0.6) is 0 Å². The first-order valence-electron chi connectivity index (χ1n) is 6.96. The first-order chi connectivity index (χ1) is 8.34. The highest BCUT2D eigenvalue weighted by Gasteiger charge is 2.43. The molecule has 4 heteroatoms. The van der Waals surface area contributed by atoms with Crippen molar-refractivity contribution < 1.29 is 9.53 Å². The van der Waals surface area contributed by atoms with Crippen molar-refractivity contribution in [1.82, 2.24) is 4.90 Å². The first-order valence-corrected chi connectivity index (χ1v) is 6.96. The van der Waals surface area contributed by atoms with Crippen molar-refractivity contribution >= 4 is 5.91 Å². The summed E-state index contributed by atoms with van der Waals surface area (Å²) < 4.78 is 5.43. The maximum absolute atomic E-state index is 12.4. The Hall–Kier alpha value is -0.610. The Kier molecular flexibility index (Phi) is 3.70. The van der Waals surface area contributed by atoms with Gasteiger partial charge in [-0.2, -0.15) is 0 Å². The highest BCUT2D eigenvalue weighted by molar-refractivity contribution is 5.82. The summed E-state index contributed by atoms with van der Waals surface area (Å²) in [5.41, 5.74) is 6.22. The van der Waals surface area contributed by atoms with Gasteiger partial charge in [0.15, 0.2) is 0 Å². The molecular weight excluding hydrogens is 228 g/mol. The second-order valence-corrected chi connectivity index (χ2v) is 6.97. The number of nitrogens with zero attached hydrogens (tertiary/aromatic N) is 1. The van der Waals surface area contributed by atoms with Crippen molar-refractivity contribution in [2.75, 3.05) is 26.3 Å². The molecule has 1 amide bonds. The topological polar surface area (TPSA) is 55.6 Å². The van der Waals surface area contributed by atoms with E-state index in [0.717, 1.165) is 45.6 Å². The third-order valence-corrected chi connectivity index (χ3v) is 4.50. The Morgan fingerprint density at radius 3 is 2.44 bits per heavy atom. The van der Waals surface area contributed by atoms with Crippen LogP contribution in [0.2, 0.25) is 0 Å². The van der Waals surface area contributed by atoms with E-state index in [9.17, 15) is 4.79 Å². The van der Waals surface area contributed by atoms with Crippen LogP contribution in [0, 0.1) is 10.8 Å². The quantitative estimate of drug-likeness (QED) is 0.769. The molecule has 1 atom stereocenters. The first kappa shape index (κ1) is 13.8. The van der Waals surface area contributed by atoms with Crippen LogP contribution in [0.1, 0.15) is 40.0 Å². The van der Waals surface area contributed by atoms with E-state index >= 15 is 0 Å². The zero-order chi connectivity index (χ0) is 13.4. The summed E-state index contributed by atoms with van der Waals surface area (Å²) in [4.78, 5) is 14.4. The van der Waals surface area contributed by atoms with Crippen molar-refractivity contribution in [2.24, 2.45) is 16.6 Å². The molecule has 2 aliphatic rings. The summed E-state index contributed by atoms with van der Waals surface area (Å²) in [5.74, 6) is 0.117. The highest BCUT2D eigenvalue weighted by atomic mass is 16.5. The molecule has 2 fully saturated rings. The smallest absolute Gasteiger partial charge is 0.240 e. The summed E-state index contributed by atoms with van der Waals surface area (Å²) in [6.45, 7) is 9.49. The molecule has 2 aliphatic heterocycles. The van der Waals surface area contributed by atoms with Crippen LogP contribution in [0.25, 0.3) is 0 Å². The lowest BCUT2D eigenvalue weighted by Gasteiger charge is -2.34. The Labute approximate surface area is 110 Å². The average molecular weight is 254 g/mol. The molecule has 2 N–H and O–H groups in total. The molecule has 0 aromatic carbocycles. The predicted molar refractivity (Wildman–Crippen MR) is 71.1 cm³/mol. The lowest BCUT2D eigenvalue weighted by atomic mass is 9.79. The van der Waals surface area contributed by atoms with Crippen LogP contribution in [0.15, 0.2) is 0 Å². The molecule has 2 rings (SSSR count). The van der Waals surface area contributed by atoms with E-state index in [1.807, 2.05) is 25.7 Å². The number of hydrogen-bond acceptors (Lipinski definition) is 3. The van der Waals surface area contributed by atoms with Gasteiger partial charge in [0, 0.05) is 26.3 Å². The molecule has 104 valence electrons. The summed E-state index contributed by atoms with van der Waals surface area (Å²) in [7, 11) is 0. The van der Waals surface area contributed by atoms with Gasteiger partial charge in [0.1, 0.15) is 0 Å². The fourth-order valence-corrected chi connectivity index (χ4v) is 2.90. The molecule has 0 radical (unpaired) electrons. The van der Waals surface area contributed by atoms with Crippen LogP contribution >= 0.6 is 0 Å². The average Bonchev–Trinajstić information content (AvgIpc) is 2.71. The van der Waals surface area contributed by atoms with Gasteiger partial charge < -0.3 is 15.4 Å². The number of carbonyl (C=O) groups excluding carboxylic acids is 1. The molecular formula is C14H26N2O2. The Balaban J connectivity index is 1.98. The minimum absolute atomic E-state index is 0.117. The van der Waals surface area contributed by atoms with Gasteiger partial charge in [-0.25, -0.2) is 0 Å². The van der Waals surface area contributed by atoms with Crippen molar-refractivity contribution in [1.29, 1.82) is 0 Å². The SMILES string of the molecule is CC(C)(C)C(N)C(=O)N1CCC2(CCOCC2)C1. The van der Waals surface area contributed by atoms with Crippen molar-refractivity contribution in [2.45, 2.75) is 46.1 Å². The van der Waals surface area contributed by atoms with E-state index in [1.54, 1.807) is 0 Å². The van der Waals surface area contributed by atoms with Crippen LogP contribution in [-0.2, 0) is 9.53 Å². The number of nitrogens with two attached hydrogens (primary N) is 1. The van der Waals surface area contributed by atoms with Crippen LogP contribution in [0.4, 0.5) is 0 Å². The number of likely N-dealkylation sites (tertiary alicyclic amines) is 1. The summed E-state index contributed by atoms with van der Waals surface area (Å²) in [6.07, 6.45) is 3.28. The molecule has 0 bridgehead atoms. The number of carbonyl (C=O) groups is 1. The van der Waals surface area contributed by atoms with E-state index in [0.29, 0.717) is 5.41 Å². The van der Waals surface area contributed by atoms with Gasteiger partial charge in [0.2, 0.25) is 5.91 Å². The zero-order valence-electron chi connectivity index (χ0n) is 11.9. The number of rotatable bonds is 1. The van der Waals surface area contributed by atoms with Crippen LogP contribution < -0.4 is 5.73 Å². The van der Waals surface area contributed by atoms with Gasteiger partial charge in [-0.1, -0.05) is 20.8 Å². The van der Waals surface area contributed by atoms with Crippen LogP contribution in [-0.4, -0.2) is 43.2 Å². The third kappa shape index (κ3) is 2.69. The number of amides is 1. The second-order valence-electron chi connectivity index (χ2n) is 6.97. The van der Waals surface area contributed by atoms with Gasteiger partial charge in [0.25, 0.3) is 0 Å². The maximum Gasteiger partial charge on any atom is 0.240 e. The van der Waals surface area contributed by atoms with Gasteiger partial charge in [-0.15, -0.1) is 0 Å². The van der Waals surface area contributed by atoms with Gasteiger partial charge in [-0.3, -0.25) is 4.79 Å².